The molecule has 2 aromatic rings. The average molecular weight is 310 g/mol. The van der Waals surface area contributed by atoms with Crippen LogP contribution in [0, 0.1) is 0 Å². The number of aliphatic hydroxyl groups is 2. The molecule has 0 saturated heterocycles. The third-order valence-electron chi connectivity index (χ3n) is 2.41. The topological polar surface area (TPSA) is 62.6 Å². The van der Waals surface area contributed by atoms with E-state index in [0.29, 0.717) is 22.8 Å². The first-order chi connectivity index (χ1) is 8.74. The van der Waals surface area contributed by atoms with Gasteiger partial charge in [0.15, 0.2) is 0 Å². The van der Waals surface area contributed by atoms with Gasteiger partial charge in [0.25, 0.3) is 0 Å². The molecule has 2 rings (SSSR count). The van der Waals surface area contributed by atoms with E-state index in [1.807, 2.05) is 12.1 Å². The maximum atomic E-state index is 9.26. The highest BCUT2D eigenvalue weighted by molar-refractivity contribution is 9.10. The average Bonchev–Trinajstić information content (AvgIpc) is 2.41. The molecule has 0 bridgehead atoms. The molecule has 0 aliphatic carbocycles. The number of ether oxygens (including phenoxy) is 1. The Morgan fingerprint density at radius 3 is 2.56 bits per heavy atom. The van der Waals surface area contributed by atoms with Crippen LogP contribution in [0.1, 0.15) is 11.1 Å². The van der Waals surface area contributed by atoms with Crippen LogP contribution in [0.15, 0.2) is 41.0 Å². The first kappa shape index (κ1) is 13.0. The van der Waals surface area contributed by atoms with Gasteiger partial charge in [-0.1, -0.05) is 18.2 Å². The van der Waals surface area contributed by atoms with Crippen molar-refractivity contribution in [3.8, 4) is 11.6 Å². The van der Waals surface area contributed by atoms with E-state index in [-0.39, 0.29) is 13.2 Å². The van der Waals surface area contributed by atoms with Crippen molar-refractivity contribution in [1.82, 2.24) is 4.98 Å². The zero-order chi connectivity index (χ0) is 13.0. The van der Waals surface area contributed by atoms with Crippen LogP contribution in [0.5, 0.6) is 11.6 Å². The summed E-state index contributed by atoms with van der Waals surface area (Å²) in [5, 5.41) is 18.5. The van der Waals surface area contributed by atoms with E-state index in [1.54, 1.807) is 24.4 Å². The van der Waals surface area contributed by atoms with Gasteiger partial charge in [0.2, 0.25) is 5.88 Å². The number of halogens is 1. The number of benzene rings is 1. The van der Waals surface area contributed by atoms with Gasteiger partial charge in [-0.25, -0.2) is 4.98 Å². The van der Waals surface area contributed by atoms with E-state index in [1.165, 1.54) is 0 Å². The summed E-state index contributed by atoms with van der Waals surface area (Å²) in [5.41, 5.74) is 1.25. The van der Waals surface area contributed by atoms with E-state index in [9.17, 15) is 10.2 Å². The molecule has 4 nitrogen and oxygen atoms in total. The largest absolute Gasteiger partial charge is 0.438 e. The van der Waals surface area contributed by atoms with Gasteiger partial charge < -0.3 is 14.9 Å². The second-order valence-electron chi connectivity index (χ2n) is 3.64. The van der Waals surface area contributed by atoms with Crippen molar-refractivity contribution in [3.05, 3.63) is 52.1 Å². The molecule has 1 heterocycles. The predicted octanol–water partition coefficient (Wildman–Crippen LogP) is 2.62. The molecular formula is C13H12BrNO3. The number of aromatic nitrogens is 1. The fraction of sp³-hybridized carbons (Fsp3) is 0.154. The van der Waals surface area contributed by atoms with E-state index < -0.39 is 0 Å². The van der Waals surface area contributed by atoms with Crippen LogP contribution in [-0.2, 0) is 13.2 Å². The molecule has 1 aromatic heterocycles. The van der Waals surface area contributed by atoms with Crippen molar-refractivity contribution in [3.63, 3.8) is 0 Å². The predicted molar refractivity (Wildman–Crippen MR) is 70.3 cm³/mol. The summed E-state index contributed by atoms with van der Waals surface area (Å²) in [6, 6.07) is 8.89. The van der Waals surface area contributed by atoms with Crippen LogP contribution in [0.3, 0.4) is 0 Å². The normalized spacial score (nSPS) is 10.4. The van der Waals surface area contributed by atoms with Crippen molar-refractivity contribution in [2.24, 2.45) is 0 Å². The lowest BCUT2D eigenvalue weighted by molar-refractivity contribution is 0.269. The van der Waals surface area contributed by atoms with Crippen LogP contribution < -0.4 is 4.74 Å². The number of hydrogen-bond acceptors (Lipinski definition) is 4. The molecule has 0 aliphatic heterocycles. The summed E-state index contributed by atoms with van der Waals surface area (Å²) in [7, 11) is 0. The zero-order valence-corrected chi connectivity index (χ0v) is 11.1. The highest BCUT2D eigenvalue weighted by atomic mass is 79.9. The van der Waals surface area contributed by atoms with Crippen LogP contribution in [0.2, 0.25) is 0 Å². The quantitative estimate of drug-likeness (QED) is 0.911. The van der Waals surface area contributed by atoms with Gasteiger partial charge in [0, 0.05) is 21.8 Å². The molecule has 0 unspecified atom stereocenters. The number of hydrogen-bond donors (Lipinski definition) is 2. The molecule has 0 saturated carbocycles. The molecule has 0 radical (unpaired) electrons. The van der Waals surface area contributed by atoms with Crippen LogP contribution in [-0.4, -0.2) is 15.2 Å². The van der Waals surface area contributed by atoms with Crippen LogP contribution in [0.25, 0.3) is 0 Å². The Hall–Kier alpha value is -1.43. The molecule has 94 valence electrons. The van der Waals surface area contributed by atoms with Crippen molar-refractivity contribution in [1.29, 1.82) is 0 Å². The van der Waals surface area contributed by atoms with Crippen molar-refractivity contribution in [2.75, 3.05) is 0 Å². The van der Waals surface area contributed by atoms with E-state index >= 15 is 0 Å². The number of para-hydroxylation sites is 1. The second kappa shape index (κ2) is 5.95. The smallest absolute Gasteiger partial charge is 0.224 e. The Morgan fingerprint density at radius 2 is 1.83 bits per heavy atom. The third kappa shape index (κ3) is 2.87. The van der Waals surface area contributed by atoms with E-state index in [4.69, 9.17) is 4.74 Å². The Morgan fingerprint density at radius 1 is 1.11 bits per heavy atom. The van der Waals surface area contributed by atoms with Crippen molar-refractivity contribution in [2.45, 2.75) is 13.2 Å². The maximum absolute atomic E-state index is 9.26. The van der Waals surface area contributed by atoms with Crippen LogP contribution in [0.4, 0.5) is 0 Å². The number of pyridine rings is 1. The Labute approximate surface area is 113 Å². The Bertz CT molecular complexity index is 546. The summed E-state index contributed by atoms with van der Waals surface area (Å²) >= 11 is 3.28. The van der Waals surface area contributed by atoms with Gasteiger partial charge in [0.1, 0.15) is 5.75 Å². The minimum absolute atomic E-state index is 0.110. The summed E-state index contributed by atoms with van der Waals surface area (Å²) in [4.78, 5) is 4.11. The van der Waals surface area contributed by atoms with E-state index in [0.717, 1.165) is 4.47 Å². The lowest BCUT2D eigenvalue weighted by Crippen LogP contribution is -1.97. The Balaban J connectivity index is 2.33. The van der Waals surface area contributed by atoms with Crippen molar-refractivity contribution < 1.29 is 14.9 Å². The molecular weight excluding hydrogens is 298 g/mol. The molecule has 0 atom stereocenters. The molecule has 5 heteroatoms. The fourth-order valence-corrected chi connectivity index (χ4v) is 1.89. The molecule has 1 aromatic carbocycles. The van der Waals surface area contributed by atoms with Gasteiger partial charge in [-0.15, -0.1) is 0 Å². The van der Waals surface area contributed by atoms with E-state index in [2.05, 4.69) is 20.9 Å². The molecule has 18 heavy (non-hydrogen) atoms. The number of rotatable bonds is 4. The van der Waals surface area contributed by atoms with Gasteiger partial charge in [-0.3, -0.25) is 0 Å². The molecule has 0 aliphatic rings. The first-order valence-electron chi connectivity index (χ1n) is 5.36. The van der Waals surface area contributed by atoms with Gasteiger partial charge in [-0.05, 0) is 28.1 Å². The fourth-order valence-electron chi connectivity index (χ4n) is 1.51. The maximum Gasteiger partial charge on any atom is 0.224 e. The van der Waals surface area contributed by atoms with Crippen LogP contribution >= 0.6 is 15.9 Å². The lowest BCUT2D eigenvalue weighted by atomic mass is 10.2. The summed E-state index contributed by atoms with van der Waals surface area (Å²) < 4.78 is 6.40. The number of aliphatic hydroxyl groups excluding tert-OH is 2. The highest BCUT2D eigenvalue weighted by Gasteiger charge is 2.09. The summed E-state index contributed by atoms with van der Waals surface area (Å²) in [6.45, 7) is -0.274. The number of nitrogens with zero attached hydrogens (tertiary/aromatic N) is 1. The first-order valence-corrected chi connectivity index (χ1v) is 6.15. The van der Waals surface area contributed by atoms with Gasteiger partial charge in [-0.2, -0.15) is 0 Å². The van der Waals surface area contributed by atoms with Crippen molar-refractivity contribution >= 4 is 15.9 Å². The van der Waals surface area contributed by atoms with Gasteiger partial charge in [0.05, 0.1) is 13.2 Å². The monoisotopic (exact) mass is 309 g/mol. The minimum Gasteiger partial charge on any atom is -0.438 e. The minimum atomic E-state index is -0.164. The second-order valence-corrected chi connectivity index (χ2v) is 4.56. The third-order valence-corrected chi connectivity index (χ3v) is 2.85. The Kier molecular flexibility index (Phi) is 4.30. The SMILES string of the molecule is OCc1ccccc1Oc1ncc(Br)cc1CO. The molecule has 2 N–H and O–H groups in total. The lowest BCUT2D eigenvalue weighted by Gasteiger charge is -2.11. The molecule has 0 fully saturated rings. The summed E-state index contributed by atoms with van der Waals surface area (Å²) in [5.74, 6) is 0.867. The standard InChI is InChI=1S/C13H12BrNO3/c14-11-5-10(8-17)13(15-6-11)18-12-4-2-1-3-9(12)7-16/h1-6,16-17H,7-8H2. The van der Waals surface area contributed by atoms with Gasteiger partial charge >= 0.3 is 0 Å². The summed E-state index contributed by atoms with van der Waals surface area (Å²) in [6.07, 6.45) is 1.59. The molecule has 0 spiro atoms. The molecule has 0 amide bonds. The zero-order valence-electron chi connectivity index (χ0n) is 9.51. The highest BCUT2D eigenvalue weighted by Crippen LogP contribution is 2.28.